The number of hydrogen-bond donors (Lipinski definition) is 0. The number of carbonyl (C=O) groups is 1. The molecule has 0 aromatic carbocycles. The monoisotopic (exact) mass is 398 g/mol. The van der Waals surface area contributed by atoms with E-state index in [9.17, 15) is 4.79 Å². The lowest BCUT2D eigenvalue weighted by Crippen LogP contribution is -2.46. The number of amides is 2. The molecule has 0 atom stereocenters. The predicted octanol–water partition coefficient (Wildman–Crippen LogP) is 4.44. The second-order valence-corrected chi connectivity index (χ2v) is 10.8. The van der Waals surface area contributed by atoms with Crippen LogP contribution in [0.15, 0.2) is 12.1 Å². The Labute approximate surface area is 176 Å². The summed E-state index contributed by atoms with van der Waals surface area (Å²) in [5.74, 6) is 0.774. The molecule has 0 unspecified atom stereocenters. The molecular weight excluding hydrogens is 360 g/mol. The Kier molecular flexibility index (Phi) is 5.39. The number of piperidine rings is 1. The van der Waals surface area contributed by atoms with E-state index < -0.39 is 0 Å². The summed E-state index contributed by atoms with van der Waals surface area (Å²) >= 11 is 0. The summed E-state index contributed by atoms with van der Waals surface area (Å²) in [5.41, 5.74) is 3.35. The van der Waals surface area contributed by atoms with E-state index >= 15 is 0 Å². The molecule has 29 heavy (non-hydrogen) atoms. The van der Waals surface area contributed by atoms with Crippen LogP contribution in [0.3, 0.4) is 0 Å². The predicted molar refractivity (Wildman–Crippen MR) is 118 cm³/mol. The Morgan fingerprint density at radius 2 is 1.79 bits per heavy atom. The number of urea groups is 1. The van der Waals surface area contributed by atoms with E-state index in [2.05, 4.69) is 43.6 Å². The first-order valence-electron chi connectivity index (χ1n) is 11.5. The SMILES string of the molecule is Cc1ccc2c(n1)C(C)(C)CN2C(=O)N1CCC2(CCN(CCC(C)C)CC2)C1. The number of hydrogen-bond acceptors (Lipinski definition) is 3. The molecule has 0 radical (unpaired) electrons. The summed E-state index contributed by atoms with van der Waals surface area (Å²) in [7, 11) is 0. The highest BCUT2D eigenvalue weighted by atomic mass is 16.2. The quantitative estimate of drug-likeness (QED) is 0.756. The van der Waals surface area contributed by atoms with E-state index in [0.29, 0.717) is 5.41 Å². The molecule has 5 nitrogen and oxygen atoms in total. The number of rotatable bonds is 3. The summed E-state index contributed by atoms with van der Waals surface area (Å²) in [6.07, 6.45) is 4.91. The van der Waals surface area contributed by atoms with Crippen LogP contribution in [0.1, 0.15) is 64.8 Å². The molecule has 4 rings (SSSR count). The van der Waals surface area contributed by atoms with Crippen LogP contribution in [-0.2, 0) is 5.41 Å². The van der Waals surface area contributed by atoms with Gasteiger partial charge in [-0.15, -0.1) is 0 Å². The molecule has 5 heteroatoms. The van der Waals surface area contributed by atoms with Gasteiger partial charge in [0.25, 0.3) is 0 Å². The third-order valence-corrected chi connectivity index (χ3v) is 7.38. The molecular formula is C24H38N4O. The third kappa shape index (κ3) is 4.03. The number of anilines is 1. The molecule has 0 aliphatic carbocycles. The Morgan fingerprint density at radius 1 is 1.10 bits per heavy atom. The van der Waals surface area contributed by atoms with Crippen LogP contribution in [0.2, 0.25) is 0 Å². The standard InChI is InChI=1S/C24H38N4O/c1-18(2)8-12-26-13-9-24(10-14-26)11-15-27(17-24)22(29)28-16-23(4,5)21-20(28)7-6-19(3)25-21/h6-7,18H,8-17H2,1-5H3. The first kappa shape index (κ1) is 20.6. The number of aromatic nitrogens is 1. The highest BCUT2D eigenvalue weighted by molar-refractivity contribution is 5.95. The molecule has 2 amide bonds. The minimum absolute atomic E-state index is 0.0871. The van der Waals surface area contributed by atoms with Crippen LogP contribution >= 0.6 is 0 Å². The summed E-state index contributed by atoms with van der Waals surface area (Å²) in [4.78, 5) is 25.0. The van der Waals surface area contributed by atoms with Gasteiger partial charge in [-0.2, -0.15) is 0 Å². The zero-order valence-corrected chi connectivity index (χ0v) is 19.0. The highest BCUT2D eigenvalue weighted by Crippen LogP contribution is 2.43. The molecule has 0 N–H and O–H groups in total. The number of carbonyl (C=O) groups excluding carboxylic acids is 1. The topological polar surface area (TPSA) is 39.7 Å². The fourth-order valence-electron chi connectivity index (χ4n) is 5.36. The molecule has 1 aromatic heterocycles. The second-order valence-electron chi connectivity index (χ2n) is 10.8. The molecule has 0 bridgehead atoms. The first-order chi connectivity index (χ1) is 13.7. The Bertz CT molecular complexity index is 764. The fourth-order valence-corrected chi connectivity index (χ4v) is 5.36. The number of pyridine rings is 1. The normalized spacial score (nSPS) is 23.2. The average Bonchev–Trinajstić information content (AvgIpc) is 3.20. The van der Waals surface area contributed by atoms with Crippen molar-refractivity contribution in [3.05, 3.63) is 23.5 Å². The van der Waals surface area contributed by atoms with Crippen LogP contribution in [0, 0.1) is 18.3 Å². The van der Waals surface area contributed by atoms with Gasteiger partial charge < -0.3 is 9.80 Å². The maximum absolute atomic E-state index is 13.5. The van der Waals surface area contributed by atoms with Gasteiger partial charge in [0.1, 0.15) is 0 Å². The van der Waals surface area contributed by atoms with Gasteiger partial charge in [0.2, 0.25) is 0 Å². The van der Waals surface area contributed by atoms with Crippen molar-refractivity contribution in [2.24, 2.45) is 11.3 Å². The molecule has 1 spiro atoms. The van der Waals surface area contributed by atoms with Crippen LogP contribution in [-0.4, -0.2) is 60.1 Å². The average molecular weight is 399 g/mol. The Hall–Kier alpha value is -1.62. The van der Waals surface area contributed by atoms with Crippen molar-refractivity contribution in [2.45, 2.75) is 65.7 Å². The molecule has 3 aliphatic heterocycles. The van der Waals surface area contributed by atoms with Gasteiger partial charge >= 0.3 is 6.03 Å². The van der Waals surface area contributed by atoms with Crippen LogP contribution < -0.4 is 4.90 Å². The maximum Gasteiger partial charge on any atom is 0.324 e. The zero-order chi connectivity index (χ0) is 20.8. The number of fused-ring (bicyclic) bond motifs is 1. The van der Waals surface area contributed by atoms with Crippen LogP contribution in [0.5, 0.6) is 0 Å². The summed E-state index contributed by atoms with van der Waals surface area (Å²) < 4.78 is 0. The van der Waals surface area contributed by atoms with Gasteiger partial charge in [-0.1, -0.05) is 27.7 Å². The number of nitrogens with zero attached hydrogens (tertiary/aromatic N) is 4. The van der Waals surface area contributed by atoms with Crippen molar-refractivity contribution in [2.75, 3.05) is 44.2 Å². The highest BCUT2D eigenvalue weighted by Gasteiger charge is 2.46. The Morgan fingerprint density at radius 3 is 2.48 bits per heavy atom. The third-order valence-electron chi connectivity index (χ3n) is 7.38. The van der Waals surface area contributed by atoms with Gasteiger partial charge in [0.05, 0.1) is 11.4 Å². The van der Waals surface area contributed by atoms with E-state index in [1.165, 1.54) is 38.9 Å². The summed E-state index contributed by atoms with van der Waals surface area (Å²) in [6.45, 7) is 17.2. The van der Waals surface area contributed by atoms with E-state index in [0.717, 1.165) is 49.0 Å². The molecule has 3 aliphatic rings. The lowest BCUT2D eigenvalue weighted by atomic mass is 9.77. The molecule has 0 saturated carbocycles. The van der Waals surface area contributed by atoms with E-state index in [-0.39, 0.29) is 11.4 Å². The first-order valence-corrected chi connectivity index (χ1v) is 11.5. The van der Waals surface area contributed by atoms with Crippen molar-refractivity contribution >= 4 is 11.7 Å². The van der Waals surface area contributed by atoms with E-state index in [1.807, 2.05) is 17.9 Å². The lowest BCUT2D eigenvalue weighted by molar-refractivity contribution is 0.107. The van der Waals surface area contributed by atoms with Gasteiger partial charge in [0, 0.05) is 30.7 Å². The summed E-state index contributed by atoms with van der Waals surface area (Å²) in [5, 5.41) is 0. The maximum atomic E-state index is 13.5. The van der Waals surface area contributed by atoms with Crippen molar-refractivity contribution < 1.29 is 4.79 Å². The molecule has 160 valence electrons. The van der Waals surface area contributed by atoms with Gasteiger partial charge in [-0.05, 0) is 75.7 Å². The smallest absolute Gasteiger partial charge is 0.324 e. The van der Waals surface area contributed by atoms with Crippen molar-refractivity contribution in [1.29, 1.82) is 0 Å². The molecule has 2 saturated heterocycles. The van der Waals surface area contributed by atoms with E-state index in [4.69, 9.17) is 4.98 Å². The summed E-state index contributed by atoms with van der Waals surface area (Å²) in [6, 6.07) is 4.30. The van der Waals surface area contributed by atoms with Crippen molar-refractivity contribution in [1.82, 2.24) is 14.8 Å². The van der Waals surface area contributed by atoms with Gasteiger partial charge in [-0.3, -0.25) is 9.88 Å². The van der Waals surface area contributed by atoms with Crippen LogP contribution in [0.25, 0.3) is 0 Å². The number of aryl methyl sites for hydroxylation is 1. The number of likely N-dealkylation sites (tertiary alicyclic amines) is 2. The molecule has 4 heterocycles. The lowest BCUT2D eigenvalue weighted by Gasteiger charge is -2.39. The zero-order valence-electron chi connectivity index (χ0n) is 19.0. The minimum Gasteiger partial charge on any atom is -0.324 e. The van der Waals surface area contributed by atoms with E-state index in [1.54, 1.807) is 0 Å². The van der Waals surface area contributed by atoms with Crippen molar-refractivity contribution in [3.63, 3.8) is 0 Å². The van der Waals surface area contributed by atoms with Crippen LogP contribution in [0.4, 0.5) is 10.5 Å². The largest absolute Gasteiger partial charge is 0.324 e. The van der Waals surface area contributed by atoms with Gasteiger partial charge in [0.15, 0.2) is 0 Å². The van der Waals surface area contributed by atoms with Crippen molar-refractivity contribution in [3.8, 4) is 0 Å². The fraction of sp³-hybridized carbons (Fsp3) is 0.750. The molecule has 1 aromatic rings. The second kappa shape index (κ2) is 7.57. The minimum atomic E-state index is -0.0871. The Balaban J connectivity index is 1.40. The van der Waals surface area contributed by atoms with Gasteiger partial charge in [-0.25, -0.2) is 4.79 Å². The molecule has 2 fully saturated rings.